The Morgan fingerprint density at radius 3 is 2.81 bits per heavy atom. The quantitative estimate of drug-likeness (QED) is 0.940. The standard InChI is InChI=1S/C16H20FN3S/c1-2-3-12-8-20(9-14(12)18)16-19-15(10-21-16)11-4-6-13(17)7-5-11/h4-7,10,12,14H,2-3,8-9,18H2,1H3/t12-,14-/m0/s1. The number of rotatable bonds is 4. The molecule has 0 spiro atoms. The zero-order valence-electron chi connectivity index (χ0n) is 12.1. The van der Waals surface area contributed by atoms with Gasteiger partial charge in [0, 0.05) is 30.1 Å². The second-order valence-electron chi connectivity index (χ2n) is 5.64. The maximum Gasteiger partial charge on any atom is 0.185 e. The molecule has 2 heterocycles. The summed E-state index contributed by atoms with van der Waals surface area (Å²) in [7, 11) is 0. The lowest BCUT2D eigenvalue weighted by molar-refractivity contribution is 0.472. The smallest absolute Gasteiger partial charge is 0.185 e. The van der Waals surface area contributed by atoms with Gasteiger partial charge in [-0.1, -0.05) is 13.3 Å². The first-order valence-electron chi connectivity index (χ1n) is 7.39. The number of thiazole rings is 1. The van der Waals surface area contributed by atoms with E-state index in [1.54, 1.807) is 23.5 Å². The monoisotopic (exact) mass is 305 g/mol. The van der Waals surface area contributed by atoms with E-state index in [4.69, 9.17) is 5.73 Å². The van der Waals surface area contributed by atoms with Crippen LogP contribution in [0.1, 0.15) is 19.8 Å². The Balaban J connectivity index is 1.75. The largest absolute Gasteiger partial charge is 0.346 e. The molecule has 1 fully saturated rings. The molecule has 0 aliphatic carbocycles. The van der Waals surface area contributed by atoms with Crippen molar-refractivity contribution >= 4 is 16.5 Å². The number of aromatic nitrogens is 1. The molecule has 0 saturated carbocycles. The van der Waals surface area contributed by atoms with Gasteiger partial charge in [-0.15, -0.1) is 11.3 Å². The highest BCUT2D eigenvalue weighted by molar-refractivity contribution is 7.14. The highest BCUT2D eigenvalue weighted by Gasteiger charge is 2.30. The van der Waals surface area contributed by atoms with Gasteiger partial charge in [-0.2, -0.15) is 0 Å². The fraction of sp³-hybridized carbons (Fsp3) is 0.438. The van der Waals surface area contributed by atoms with Crippen LogP contribution >= 0.6 is 11.3 Å². The summed E-state index contributed by atoms with van der Waals surface area (Å²) in [5, 5.41) is 3.05. The number of halogens is 1. The molecular weight excluding hydrogens is 285 g/mol. The molecule has 1 aromatic carbocycles. The molecule has 3 rings (SSSR count). The average molecular weight is 305 g/mol. The molecule has 0 bridgehead atoms. The lowest BCUT2D eigenvalue weighted by Gasteiger charge is -2.14. The molecule has 2 N–H and O–H groups in total. The van der Waals surface area contributed by atoms with Gasteiger partial charge in [-0.05, 0) is 36.6 Å². The molecular formula is C16H20FN3S. The summed E-state index contributed by atoms with van der Waals surface area (Å²) in [5.41, 5.74) is 8.08. The number of benzene rings is 1. The normalized spacial score (nSPS) is 22.0. The minimum Gasteiger partial charge on any atom is -0.346 e. The molecule has 0 unspecified atom stereocenters. The molecule has 1 aliphatic heterocycles. The van der Waals surface area contributed by atoms with Crippen molar-refractivity contribution in [3.8, 4) is 11.3 Å². The molecule has 3 nitrogen and oxygen atoms in total. The van der Waals surface area contributed by atoms with Crippen LogP contribution in [0.3, 0.4) is 0 Å². The van der Waals surface area contributed by atoms with Crippen LogP contribution < -0.4 is 10.6 Å². The van der Waals surface area contributed by atoms with Gasteiger partial charge in [0.1, 0.15) is 5.82 Å². The maximum absolute atomic E-state index is 13.0. The molecule has 1 saturated heterocycles. The fourth-order valence-corrected chi connectivity index (χ4v) is 3.75. The zero-order valence-corrected chi connectivity index (χ0v) is 12.9. The Labute approximate surface area is 128 Å². The Bertz CT molecular complexity index is 596. The van der Waals surface area contributed by atoms with Crippen LogP contribution in [0.2, 0.25) is 0 Å². The molecule has 0 amide bonds. The predicted molar refractivity (Wildman–Crippen MR) is 86.1 cm³/mol. The van der Waals surface area contributed by atoms with Gasteiger partial charge in [0.15, 0.2) is 5.13 Å². The third-order valence-corrected chi connectivity index (χ3v) is 4.96. The molecule has 2 atom stereocenters. The van der Waals surface area contributed by atoms with Crippen LogP contribution in [0.25, 0.3) is 11.3 Å². The first-order valence-corrected chi connectivity index (χ1v) is 8.27. The summed E-state index contributed by atoms with van der Waals surface area (Å²) in [6.45, 7) is 4.07. The van der Waals surface area contributed by atoms with E-state index in [0.29, 0.717) is 5.92 Å². The van der Waals surface area contributed by atoms with E-state index in [-0.39, 0.29) is 11.9 Å². The average Bonchev–Trinajstić information content (AvgIpc) is 3.08. The summed E-state index contributed by atoms with van der Waals surface area (Å²) in [4.78, 5) is 6.97. The maximum atomic E-state index is 13.0. The number of anilines is 1. The number of hydrogen-bond donors (Lipinski definition) is 1. The molecule has 2 aromatic rings. The second-order valence-corrected chi connectivity index (χ2v) is 6.48. The third-order valence-electron chi connectivity index (χ3n) is 4.05. The first kappa shape index (κ1) is 14.5. The van der Waals surface area contributed by atoms with Crippen LogP contribution in [0.15, 0.2) is 29.6 Å². The van der Waals surface area contributed by atoms with Crippen molar-refractivity contribution in [3.05, 3.63) is 35.5 Å². The van der Waals surface area contributed by atoms with Crippen LogP contribution in [-0.4, -0.2) is 24.1 Å². The molecule has 5 heteroatoms. The van der Waals surface area contributed by atoms with Crippen molar-refractivity contribution < 1.29 is 4.39 Å². The van der Waals surface area contributed by atoms with Crippen LogP contribution in [0, 0.1) is 11.7 Å². The Kier molecular flexibility index (Phi) is 4.22. The van der Waals surface area contributed by atoms with Crippen molar-refractivity contribution in [3.63, 3.8) is 0 Å². The van der Waals surface area contributed by atoms with E-state index in [2.05, 4.69) is 16.8 Å². The van der Waals surface area contributed by atoms with Crippen molar-refractivity contribution in [2.45, 2.75) is 25.8 Å². The van der Waals surface area contributed by atoms with E-state index in [1.807, 2.05) is 5.38 Å². The molecule has 1 aliphatic rings. The van der Waals surface area contributed by atoms with Crippen LogP contribution in [0.4, 0.5) is 9.52 Å². The van der Waals surface area contributed by atoms with Crippen LogP contribution in [-0.2, 0) is 0 Å². The highest BCUT2D eigenvalue weighted by atomic mass is 32.1. The zero-order chi connectivity index (χ0) is 14.8. The van der Waals surface area contributed by atoms with Crippen molar-refractivity contribution in [2.24, 2.45) is 11.7 Å². The van der Waals surface area contributed by atoms with E-state index >= 15 is 0 Å². The van der Waals surface area contributed by atoms with Gasteiger partial charge < -0.3 is 10.6 Å². The summed E-state index contributed by atoms with van der Waals surface area (Å²) >= 11 is 1.63. The minimum atomic E-state index is -0.220. The number of nitrogens with zero attached hydrogens (tertiary/aromatic N) is 2. The van der Waals surface area contributed by atoms with Crippen molar-refractivity contribution in [2.75, 3.05) is 18.0 Å². The highest BCUT2D eigenvalue weighted by Crippen LogP contribution is 2.31. The van der Waals surface area contributed by atoms with Gasteiger partial charge in [-0.25, -0.2) is 9.37 Å². The summed E-state index contributed by atoms with van der Waals surface area (Å²) in [6.07, 6.45) is 2.35. The second kappa shape index (κ2) is 6.12. The number of nitrogens with two attached hydrogens (primary N) is 1. The summed E-state index contributed by atoms with van der Waals surface area (Å²) in [6, 6.07) is 6.71. The lowest BCUT2D eigenvalue weighted by Crippen LogP contribution is -2.29. The van der Waals surface area contributed by atoms with Gasteiger partial charge in [0.05, 0.1) is 5.69 Å². The van der Waals surface area contributed by atoms with E-state index in [0.717, 1.165) is 29.5 Å². The molecule has 112 valence electrons. The van der Waals surface area contributed by atoms with Gasteiger partial charge >= 0.3 is 0 Å². The Morgan fingerprint density at radius 2 is 2.10 bits per heavy atom. The predicted octanol–water partition coefficient (Wildman–Crippen LogP) is 3.51. The van der Waals surface area contributed by atoms with Gasteiger partial charge in [0.2, 0.25) is 0 Å². The van der Waals surface area contributed by atoms with E-state index in [9.17, 15) is 4.39 Å². The van der Waals surface area contributed by atoms with E-state index < -0.39 is 0 Å². The SMILES string of the molecule is CCC[C@H]1CN(c2nc(-c3ccc(F)cc3)cs2)C[C@@H]1N. The summed E-state index contributed by atoms with van der Waals surface area (Å²) < 4.78 is 13.0. The summed E-state index contributed by atoms with van der Waals surface area (Å²) in [5.74, 6) is 0.343. The third kappa shape index (κ3) is 3.09. The van der Waals surface area contributed by atoms with Crippen LogP contribution in [0.5, 0.6) is 0 Å². The van der Waals surface area contributed by atoms with E-state index in [1.165, 1.54) is 25.0 Å². The lowest BCUT2D eigenvalue weighted by atomic mass is 9.99. The minimum absolute atomic E-state index is 0.220. The molecule has 21 heavy (non-hydrogen) atoms. The van der Waals surface area contributed by atoms with Crippen molar-refractivity contribution in [1.82, 2.24) is 4.98 Å². The first-order chi connectivity index (χ1) is 10.2. The Morgan fingerprint density at radius 1 is 1.33 bits per heavy atom. The topological polar surface area (TPSA) is 42.2 Å². The van der Waals surface area contributed by atoms with Gasteiger partial charge in [0.25, 0.3) is 0 Å². The van der Waals surface area contributed by atoms with Crippen molar-refractivity contribution in [1.29, 1.82) is 0 Å². The van der Waals surface area contributed by atoms with Gasteiger partial charge in [-0.3, -0.25) is 0 Å². The molecule has 0 radical (unpaired) electrons. The Hall–Kier alpha value is -1.46. The molecule has 1 aromatic heterocycles. The fourth-order valence-electron chi connectivity index (χ4n) is 2.89. The number of hydrogen-bond acceptors (Lipinski definition) is 4.